The maximum Gasteiger partial charge on any atom is 0.131 e. The number of halogens is 2. The molecule has 0 atom stereocenters. The predicted molar refractivity (Wildman–Crippen MR) is 74.9 cm³/mol. The molecule has 0 unspecified atom stereocenters. The number of aryl methyl sites for hydroxylation is 1. The lowest BCUT2D eigenvalue weighted by Gasteiger charge is -2.07. The van der Waals surface area contributed by atoms with Gasteiger partial charge < -0.3 is 4.74 Å². The third-order valence-electron chi connectivity index (χ3n) is 2.21. The summed E-state index contributed by atoms with van der Waals surface area (Å²) < 4.78 is 6.67. The predicted octanol–water partition coefficient (Wildman–Crippen LogP) is 4.53. The zero-order valence-corrected chi connectivity index (χ0v) is 12.4. The van der Waals surface area contributed by atoms with Crippen molar-refractivity contribution >= 4 is 38.9 Å². The number of hydrogen-bond donors (Lipinski definition) is 0. The zero-order valence-electron chi connectivity index (χ0n) is 9.24. The van der Waals surface area contributed by atoms with Gasteiger partial charge in [0.25, 0.3) is 0 Å². The van der Waals surface area contributed by atoms with E-state index in [2.05, 4.69) is 20.9 Å². The Balaban J connectivity index is 2.04. The van der Waals surface area contributed by atoms with Gasteiger partial charge in [0, 0.05) is 15.7 Å². The van der Waals surface area contributed by atoms with Crippen LogP contribution >= 0.6 is 38.9 Å². The second-order valence-electron chi connectivity index (χ2n) is 3.53. The lowest BCUT2D eigenvalue weighted by Crippen LogP contribution is -1.96. The minimum Gasteiger partial charge on any atom is -0.487 e. The molecule has 0 bridgehead atoms. The molecular formula is C12H11BrClNOS. The van der Waals surface area contributed by atoms with E-state index in [9.17, 15) is 0 Å². The van der Waals surface area contributed by atoms with Gasteiger partial charge in [0.1, 0.15) is 12.4 Å². The minimum absolute atomic E-state index is 0.466. The van der Waals surface area contributed by atoms with E-state index in [1.165, 1.54) is 0 Å². The molecular weight excluding hydrogens is 322 g/mol. The highest BCUT2D eigenvalue weighted by molar-refractivity contribution is 9.10. The molecule has 0 saturated carbocycles. The summed E-state index contributed by atoms with van der Waals surface area (Å²) in [5, 5.41) is 3.07. The Bertz CT molecular complexity index is 515. The summed E-state index contributed by atoms with van der Waals surface area (Å²) in [7, 11) is 0. The average Bonchev–Trinajstić information content (AvgIpc) is 2.74. The maximum atomic E-state index is 5.83. The van der Waals surface area contributed by atoms with Gasteiger partial charge in [-0.1, -0.05) is 15.9 Å². The maximum absolute atomic E-state index is 5.83. The van der Waals surface area contributed by atoms with Crippen molar-refractivity contribution in [1.82, 2.24) is 4.98 Å². The van der Waals surface area contributed by atoms with E-state index in [-0.39, 0.29) is 0 Å². The van der Waals surface area contributed by atoms with E-state index in [1.807, 2.05) is 30.5 Å². The number of rotatable bonds is 4. The highest BCUT2D eigenvalue weighted by Gasteiger charge is 2.03. The minimum atomic E-state index is 0.466. The molecule has 0 fully saturated rings. The highest BCUT2D eigenvalue weighted by atomic mass is 79.9. The average molecular weight is 333 g/mol. The number of ether oxygens (including phenoxy) is 1. The molecule has 0 amide bonds. The molecule has 1 heterocycles. The smallest absolute Gasteiger partial charge is 0.131 e. The van der Waals surface area contributed by atoms with E-state index < -0.39 is 0 Å². The van der Waals surface area contributed by atoms with Crippen LogP contribution in [0, 0.1) is 6.92 Å². The van der Waals surface area contributed by atoms with E-state index in [0.717, 1.165) is 26.5 Å². The molecule has 0 aliphatic heterocycles. The summed E-state index contributed by atoms with van der Waals surface area (Å²) in [6.07, 6.45) is 0. The fraction of sp³-hybridized carbons (Fsp3) is 0.250. The van der Waals surface area contributed by atoms with Gasteiger partial charge in [-0.2, -0.15) is 0 Å². The molecule has 2 rings (SSSR count). The molecule has 90 valence electrons. The van der Waals surface area contributed by atoms with Gasteiger partial charge in [-0.05, 0) is 30.7 Å². The van der Waals surface area contributed by atoms with Crippen LogP contribution in [0.2, 0.25) is 0 Å². The molecule has 0 N–H and O–H groups in total. The van der Waals surface area contributed by atoms with Crippen molar-refractivity contribution in [2.24, 2.45) is 0 Å². The van der Waals surface area contributed by atoms with Crippen LogP contribution in [0.1, 0.15) is 16.3 Å². The van der Waals surface area contributed by atoms with Gasteiger partial charge >= 0.3 is 0 Å². The lowest BCUT2D eigenvalue weighted by molar-refractivity contribution is 0.301. The van der Waals surface area contributed by atoms with Gasteiger partial charge in [0.2, 0.25) is 0 Å². The molecule has 17 heavy (non-hydrogen) atoms. The molecule has 2 nitrogen and oxygen atoms in total. The van der Waals surface area contributed by atoms with Crippen molar-refractivity contribution in [1.29, 1.82) is 0 Å². The largest absolute Gasteiger partial charge is 0.487 e. The van der Waals surface area contributed by atoms with E-state index in [1.54, 1.807) is 11.3 Å². The van der Waals surface area contributed by atoms with Crippen molar-refractivity contribution in [3.8, 4) is 5.75 Å². The number of nitrogens with zero attached hydrogens (tertiary/aromatic N) is 1. The van der Waals surface area contributed by atoms with Crippen molar-refractivity contribution < 1.29 is 4.74 Å². The van der Waals surface area contributed by atoms with Gasteiger partial charge in [-0.3, -0.25) is 0 Å². The third kappa shape index (κ3) is 3.44. The molecule has 0 saturated heterocycles. The monoisotopic (exact) mass is 331 g/mol. The van der Waals surface area contributed by atoms with Gasteiger partial charge in [-0.15, -0.1) is 22.9 Å². The Kier molecular flexibility index (Phi) is 4.42. The Hall–Kier alpha value is -0.580. The molecule has 0 radical (unpaired) electrons. The Labute approximate surface area is 118 Å². The normalized spacial score (nSPS) is 10.5. The highest BCUT2D eigenvalue weighted by Crippen LogP contribution is 2.24. The molecule has 2 aromatic rings. The van der Waals surface area contributed by atoms with E-state index in [0.29, 0.717) is 12.5 Å². The molecule has 5 heteroatoms. The number of hydrogen-bond acceptors (Lipinski definition) is 3. The van der Waals surface area contributed by atoms with Crippen LogP contribution in [-0.2, 0) is 12.5 Å². The van der Waals surface area contributed by atoms with Crippen molar-refractivity contribution in [2.45, 2.75) is 19.4 Å². The Morgan fingerprint density at radius 1 is 1.47 bits per heavy atom. The quantitative estimate of drug-likeness (QED) is 0.767. The van der Waals surface area contributed by atoms with Crippen LogP contribution in [0.5, 0.6) is 5.75 Å². The van der Waals surface area contributed by atoms with Gasteiger partial charge in [0.15, 0.2) is 0 Å². The Morgan fingerprint density at radius 3 is 2.94 bits per heavy atom. The second kappa shape index (κ2) is 5.85. The molecule has 0 aliphatic carbocycles. The zero-order chi connectivity index (χ0) is 12.3. The third-order valence-corrected chi connectivity index (χ3v) is 4.10. The van der Waals surface area contributed by atoms with Crippen molar-refractivity contribution in [3.63, 3.8) is 0 Å². The van der Waals surface area contributed by atoms with E-state index >= 15 is 0 Å². The summed E-state index contributed by atoms with van der Waals surface area (Å²) in [5.74, 6) is 1.28. The molecule has 0 aliphatic rings. The summed E-state index contributed by atoms with van der Waals surface area (Å²) in [6, 6.07) is 5.80. The number of benzene rings is 1. The van der Waals surface area contributed by atoms with Crippen LogP contribution in [0.15, 0.2) is 28.1 Å². The second-order valence-corrected chi connectivity index (χ2v) is 5.72. The number of aromatic nitrogens is 1. The van der Waals surface area contributed by atoms with Crippen LogP contribution in [0.25, 0.3) is 0 Å². The number of alkyl halides is 1. The molecule has 1 aromatic heterocycles. The summed E-state index contributed by atoms with van der Waals surface area (Å²) in [6.45, 7) is 2.48. The van der Waals surface area contributed by atoms with Crippen LogP contribution in [0.3, 0.4) is 0 Å². The van der Waals surface area contributed by atoms with Crippen molar-refractivity contribution in [3.05, 3.63) is 44.3 Å². The first-order valence-electron chi connectivity index (χ1n) is 5.07. The Morgan fingerprint density at radius 2 is 2.29 bits per heavy atom. The fourth-order valence-electron chi connectivity index (χ4n) is 1.38. The van der Waals surface area contributed by atoms with E-state index in [4.69, 9.17) is 16.3 Å². The first kappa shape index (κ1) is 12.9. The topological polar surface area (TPSA) is 22.1 Å². The first-order valence-corrected chi connectivity index (χ1v) is 7.28. The van der Waals surface area contributed by atoms with Crippen LogP contribution in [-0.4, -0.2) is 4.98 Å². The molecule has 0 spiro atoms. The summed E-state index contributed by atoms with van der Waals surface area (Å²) >= 11 is 10.9. The number of thiazole rings is 1. The SMILES string of the molecule is Cc1nc(COc2ccc(Br)c(CCl)c2)cs1. The summed E-state index contributed by atoms with van der Waals surface area (Å²) in [5.41, 5.74) is 1.99. The molecule has 1 aromatic carbocycles. The first-order chi connectivity index (χ1) is 8.19. The van der Waals surface area contributed by atoms with Crippen molar-refractivity contribution in [2.75, 3.05) is 0 Å². The lowest BCUT2D eigenvalue weighted by atomic mass is 10.2. The van der Waals surface area contributed by atoms with Gasteiger partial charge in [0.05, 0.1) is 10.7 Å². The van der Waals surface area contributed by atoms with Crippen LogP contribution < -0.4 is 4.74 Å². The van der Waals surface area contributed by atoms with Crippen LogP contribution in [0.4, 0.5) is 0 Å². The summed E-state index contributed by atoms with van der Waals surface area (Å²) in [4.78, 5) is 4.34. The fourth-order valence-corrected chi connectivity index (χ4v) is 2.74. The standard InChI is InChI=1S/C12H11BrClNOS/c1-8-15-10(7-17-8)6-16-11-2-3-12(13)9(4-11)5-14/h2-4,7H,5-6H2,1H3. The van der Waals surface area contributed by atoms with Gasteiger partial charge in [-0.25, -0.2) is 4.98 Å².